The van der Waals surface area contributed by atoms with Crippen molar-refractivity contribution in [3.8, 4) is 11.5 Å². The molecule has 0 saturated heterocycles. The second-order valence-corrected chi connectivity index (χ2v) is 5.82. The van der Waals surface area contributed by atoms with Gasteiger partial charge in [0.2, 0.25) is 11.8 Å². The number of aryl methyl sites for hydroxylation is 1. The molecule has 0 aliphatic rings. The van der Waals surface area contributed by atoms with Gasteiger partial charge in [-0.1, -0.05) is 12.1 Å². The second-order valence-electron chi connectivity index (χ2n) is 5.82. The highest BCUT2D eigenvalue weighted by molar-refractivity contribution is 5.89. The SMILES string of the molecule is COC(=O)Nc1ccc(CNC(=O)Nc2ccc(-c3nnc(C)o3)cc2)cc1. The number of benzene rings is 2. The predicted octanol–water partition coefficient (Wildman–Crippen LogP) is 3.55. The Morgan fingerprint density at radius 3 is 2.21 bits per heavy atom. The molecule has 0 atom stereocenters. The number of carbonyl (C=O) groups excluding carboxylic acids is 2. The van der Waals surface area contributed by atoms with Crippen LogP contribution in [0.4, 0.5) is 21.0 Å². The van der Waals surface area contributed by atoms with Crippen LogP contribution < -0.4 is 16.0 Å². The smallest absolute Gasteiger partial charge is 0.411 e. The summed E-state index contributed by atoms with van der Waals surface area (Å²) in [5, 5.41) is 15.8. The van der Waals surface area contributed by atoms with E-state index in [0.717, 1.165) is 11.1 Å². The first-order valence-electron chi connectivity index (χ1n) is 8.43. The van der Waals surface area contributed by atoms with Crippen LogP contribution in [0.25, 0.3) is 11.5 Å². The van der Waals surface area contributed by atoms with Gasteiger partial charge in [0, 0.05) is 30.4 Å². The van der Waals surface area contributed by atoms with Crippen LogP contribution in [0.5, 0.6) is 0 Å². The maximum Gasteiger partial charge on any atom is 0.411 e. The molecular weight excluding hydrogens is 362 g/mol. The Morgan fingerprint density at radius 1 is 0.964 bits per heavy atom. The summed E-state index contributed by atoms with van der Waals surface area (Å²) in [5.74, 6) is 0.921. The standard InChI is InChI=1S/C19H19N5O4/c1-12-23-24-17(28-12)14-5-9-15(10-6-14)21-18(25)20-11-13-3-7-16(8-4-13)22-19(26)27-2/h3-10H,11H2,1-2H3,(H,22,26)(H2,20,21,25). The maximum absolute atomic E-state index is 12.1. The molecule has 0 bridgehead atoms. The molecule has 3 aromatic rings. The molecule has 0 spiro atoms. The number of urea groups is 1. The molecule has 1 aromatic heterocycles. The van der Waals surface area contributed by atoms with Crippen LogP contribution in [0.3, 0.4) is 0 Å². The van der Waals surface area contributed by atoms with Gasteiger partial charge >= 0.3 is 12.1 Å². The van der Waals surface area contributed by atoms with Crippen molar-refractivity contribution in [2.75, 3.05) is 17.7 Å². The Kier molecular flexibility index (Phi) is 5.85. The first kappa shape index (κ1) is 18.9. The van der Waals surface area contributed by atoms with E-state index in [-0.39, 0.29) is 6.03 Å². The van der Waals surface area contributed by atoms with Crippen LogP contribution in [-0.4, -0.2) is 29.4 Å². The molecule has 0 fully saturated rings. The summed E-state index contributed by atoms with van der Waals surface area (Å²) in [6.07, 6.45) is -0.537. The number of ether oxygens (including phenoxy) is 1. The number of hydrogen-bond acceptors (Lipinski definition) is 6. The minimum absolute atomic E-state index is 0.335. The first-order valence-corrected chi connectivity index (χ1v) is 8.43. The van der Waals surface area contributed by atoms with Gasteiger partial charge < -0.3 is 19.8 Å². The molecule has 0 unspecified atom stereocenters. The van der Waals surface area contributed by atoms with E-state index < -0.39 is 6.09 Å². The molecule has 28 heavy (non-hydrogen) atoms. The largest absolute Gasteiger partial charge is 0.453 e. The molecule has 9 nitrogen and oxygen atoms in total. The first-order chi connectivity index (χ1) is 13.5. The molecular formula is C19H19N5O4. The molecule has 144 valence electrons. The molecule has 2 aromatic carbocycles. The molecule has 0 aliphatic heterocycles. The van der Waals surface area contributed by atoms with Crippen LogP contribution >= 0.6 is 0 Å². The number of nitrogens with zero attached hydrogens (tertiary/aromatic N) is 2. The van der Waals surface area contributed by atoms with E-state index in [1.165, 1.54) is 7.11 Å². The van der Waals surface area contributed by atoms with Gasteiger partial charge in [-0.2, -0.15) is 0 Å². The summed E-state index contributed by atoms with van der Waals surface area (Å²) in [4.78, 5) is 23.2. The van der Waals surface area contributed by atoms with E-state index in [4.69, 9.17) is 4.42 Å². The van der Waals surface area contributed by atoms with E-state index >= 15 is 0 Å². The number of rotatable bonds is 5. The van der Waals surface area contributed by atoms with Crippen molar-refractivity contribution in [1.82, 2.24) is 15.5 Å². The number of nitrogens with one attached hydrogen (secondary N) is 3. The Bertz CT molecular complexity index is 951. The molecule has 0 radical (unpaired) electrons. The fraction of sp³-hybridized carbons (Fsp3) is 0.158. The normalized spacial score (nSPS) is 10.2. The van der Waals surface area contributed by atoms with E-state index in [9.17, 15) is 9.59 Å². The van der Waals surface area contributed by atoms with Gasteiger partial charge in [-0.25, -0.2) is 9.59 Å². The van der Waals surface area contributed by atoms with Crippen molar-refractivity contribution in [2.24, 2.45) is 0 Å². The fourth-order valence-electron chi connectivity index (χ4n) is 2.34. The van der Waals surface area contributed by atoms with E-state index in [2.05, 4.69) is 30.9 Å². The van der Waals surface area contributed by atoms with E-state index in [0.29, 0.717) is 29.7 Å². The zero-order chi connectivity index (χ0) is 19.9. The third kappa shape index (κ3) is 5.07. The molecule has 0 aliphatic carbocycles. The summed E-state index contributed by atoms with van der Waals surface area (Å²) >= 11 is 0. The lowest BCUT2D eigenvalue weighted by atomic mass is 10.2. The molecule has 1 heterocycles. The topological polar surface area (TPSA) is 118 Å². The lowest BCUT2D eigenvalue weighted by molar-refractivity contribution is 0.187. The van der Waals surface area contributed by atoms with Gasteiger partial charge in [0.25, 0.3) is 0 Å². The van der Waals surface area contributed by atoms with Crippen LogP contribution in [-0.2, 0) is 11.3 Å². The van der Waals surface area contributed by atoms with Gasteiger partial charge in [0.1, 0.15) is 0 Å². The van der Waals surface area contributed by atoms with Crippen molar-refractivity contribution < 1.29 is 18.7 Å². The van der Waals surface area contributed by atoms with Crippen LogP contribution in [0.2, 0.25) is 0 Å². The molecule has 3 N–H and O–H groups in total. The zero-order valence-corrected chi connectivity index (χ0v) is 15.4. The third-order valence-electron chi connectivity index (χ3n) is 3.75. The summed E-state index contributed by atoms with van der Waals surface area (Å²) < 4.78 is 9.89. The van der Waals surface area contributed by atoms with Crippen molar-refractivity contribution in [1.29, 1.82) is 0 Å². The van der Waals surface area contributed by atoms with E-state index in [1.54, 1.807) is 55.5 Å². The van der Waals surface area contributed by atoms with E-state index in [1.807, 2.05) is 0 Å². The number of carbonyl (C=O) groups is 2. The number of methoxy groups -OCH3 is 1. The minimum Gasteiger partial charge on any atom is -0.453 e. The second kappa shape index (κ2) is 8.67. The van der Waals surface area contributed by atoms with Crippen molar-refractivity contribution in [3.05, 3.63) is 60.0 Å². The molecule has 0 saturated carbocycles. The lowest BCUT2D eigenvalue weighted by Crippen LogP contribution is -2.28. The molecule has 3 rings (SSSR count). The summed E-state index contributed by atoms with van der Waals surface area (Å²) in [6.45, 7) is 2.06. The third-order valence-corrected chi connectivity index (χ3v) is 3.75. The van der Waals surface area contributed by atoms with Crippen molar-refractivity contribution in [2.45, 2.75) is 13.5 Å². The fourth-order valence-corrected chi connectivity index (χ4v) is 2.34. The van der Waals surface area contributed by atoms with Gasteiger partial charge in [-0.3, -0.25) is 5.32 Å². The monoisotopic (exact) mass is 381 g/mol. The summed E-state index contributed by atoms with van der Waals surface area (Å²) in [7, 11) is 1.30. The maximum atomic E-state index is 12.1. The van der Waals surface area contributed by atoms with Crippen LogP contribution in [0.15, 0.2) is 52.9 Å². The van der Waals surface area contributed by atoms with Crippen molar-refractivity contribution >= 4 is 23.5 Å². The highest BCUT2D eigenvalue weighted by atomic mass is 16.5. The quantitative estimate of drug-likeness (QED) is 0.622. The van der Waals surface area contributed by atoms with Crippen molar-refractivity contribution in [3.63, 3.8) is 0 Å². The van der Waals surface area contributed by atoms with Crippen LogP contribution in [0, 0.1) is 6.92 Å². The number of anilines is 2. The van der Waals surface area contributed by atoms with Gasteiger partial charge in [-0.05, 0) is 42.0 Å². The Labute approximate surface area is 161 Å². The average molecular weight is 381 g/mol. The zero-order valence-electron chi connectivity index (χ0n) is 15.4. The lowest BCUT2D eigenvalue weighted by Gasteiger charge is -2.09. The van der Waals surface area contributed by atoms with Gasteiger partial charge in [-0.15, -0.1) is 10.2 Å². The molecule has 9 heteroatoms. The number of aromatic nitrogens is 2. The molecule has 3 amide bonds. The Morgan fingerprint density at radius 2 is 1.61 bits per heavy atom. The number of hydrogen-bond donors (Lipinski definition) is 3. The van der Waals surface area contributed by atoms with Gasteiger partial charge in [0.05, 0.1) is 7.11 Å². The Balaban J connectivity index is 1.49. The predicted molar refractivity (Wildman–Crippen MR) is 103 cm³/mol. The highest BCUT2D eigenvalue weighted by Gasteiger charge is 2.07. The van der Waals surface area contributed by atoms with Gasteiger partial charge in [0.15, 0.2) is 0 Å². The summed E-state index contributed by atoms with van der Waals surface area (Å²) in [5.41, 5.74) is 2.89. The van der Waals surface area contributed by atoms with Crippen LogP contribution in [0.1, 0.15) is 11.5 Å². The highest BCUT2D eigenvalue weighted by Crippen LogP contribution is 2.20. The minimum atomic E-state index is -0.537. The number of amides is 3. The summed E-state index contributed by atoms with van der Waals surface area (Å²) in [6, 6.07) is 13.8. The average Bonchev–Trinajstić information content (AvgIpc) is 3.14. The Hall–Kier alpha value is -3.88.